The highest BCUT2D eigenvalue weighted by atomic mass is 16.5. The summed E-state index contributed by atoms with van der Waals surface area (Å²) in [6.45, 7) is 3.33. The number of nitrogens with two attached hydrogens (primary N) is 1. The van der Waals surface area contributed by atoms with Crippen molar-refractivity contribution in [2.45, 2.75) is 19.4 Å². The summed E-state index contributed by atoms with van der Waals surface area (Å²) >= 11 is 0. The Morgan fingerprint density at radius 2 is 2.20 bits per heavy atom. The van der Waals surface area contributed by atoms with Crippen LogP contribution < -0.4 is 10.5 Å². The van der Waals surface area contributed by atoms with Crippen molar-refractivity contribution >= 4 is 0 Å². The van der Waals surface area contributed by atoms with Crippen molar-refractivity contribution in [2.24, 2.45) is 5.73 Å². The number of hydrogen-bond donors (Lipinski definition) is 1. The standard InChI is InChI=1S/C12H19NO2/c1-3-15-11-6-4-5-10(9-11)12(13)7-8-14-2/h4-6,9,12H,3,7-8,13H2,1-2H3. The summed E-state index contributed by atoms with van der Waals surface area (Å²) in [7, 11) is 1.68. The van der Waals surface area contributed by atoms with Crippen LogP contribution in [-0.2, 0) is 4.74 Å². The van der Waals surface area contributed by atoms with Crippen LogP contribution in [0.3, 0.4) is 0 Å². The van der Waals surface area contributed by atoms with Gasteiger partial charge in [0.05, 0.1) is 6.61 Å². The molecule has 1 unspecified atom stereocenters. The largest absolute Gasteiger partial charge is 0.494 e. The average molecular weight is 209 g/mol. The van der Waals surface area contributed by atoms with E-state index in [0.717, 1.165) is 17.7 Å². The van der Waals surface area contributed by atoms with Crippen LogP contribution in [0.25, 0.3) is 0 Å². The van der Waals surface area contributed by atoms with E-state index in [2.05, 4.69) is 0 Å². The number of rotatable bonds is 6. The summed E-state index contributed by atoms with van der Waals surface area (Å²) in [6.07, 6.45) is 0.825. The molecule has 1 atom stereocenters. The van der Waals surface area contributed by atoms with Crippen molar-refractivity contribution in [1.82, 2.24) is 0 Å². The number of ether oxygens (including phenoxy) is 2. The van der Waals surface area contributed by atoms with Gasteiger partial charge >= 0.3 is 0 Å². The molecule has 0 spiro atoms. The van der Waals surface area contributed by atoms with Gasteiger partial charge in [-0.1, -0.05) is 12.1 Å². The molecule has 3 heteroatoms. The monoisotopic (exact) mass is 209 g/mol. The van der Waals surface area contributed by atoms with Crippen LogP contribution in [0.15, 0.2) is 24.3 Å². The Kier molecular flexibility index (Phi) is 5.15. The topological polar surface area (TPSA) is 44.5 Å². The molecule has 0 aromatic heterocycles. The Morgan fingerprint density at radius 3 is 2.87 bits per heavy atom. The minimum atomic E-state index is 0.0188. The van der Waals surface area contributed by atoms with Crippen LogP contribution in [0.1, 0.15) is 24.9 Å². The molecular formula is C12H19NO2. The van der Waals surface area contributed by atoms with E-state index in [1.165, 1.54) is 0 Å². The van der Waals surface area contributed by atoms with Crippen LogP contribution in [0, 0.1) is 0 Å². The average Bonchev–Trinajstić information content (AvgIpc) is 2.27. The second kappa shape index (κ2) is 6.43. The maximum absolute atomic E-state index is 6.01. The molecule has 0 radical (unpaired) electrons. The molecule has 0 aliphatic carbocycles. The first-order valence-corrected chi connectivity index (χ1v) is 5.25. The molecule has 2 N–H and O–H groups in total. The van der Waals surface area contributed by atoms with E-state index in [1.54, 1.807) is 7.11 Å². The van der Waals surface area contributed by atoms with Gasteiger partial charge in [0.1, 0.15) is 5.75 Å². The fourth-order valence-electron chi connectivity index (χ4n) is 1.41. The summed E-state index contributed by atoms with van der Waals surface area (Å²) in [5, 5.41) is 0. The molecule has 1 aromatic carbocycles. The third-order valence-electron chi connectivity index (χ3n) is 2.23. The zero-order valence-electron chi connectivity index (χ0n) is 9.40. The first kappa shape index (κ1) is 12.0. The van der Waals surface area contributed by atoms with Crippen molar-refractivity contribution in [1.29, 1.82) is 0 Å². The van der Waals surface area contributed by atoms with E-state index >= 15 is 0 Å². The van der Waals surface area contributed by atoms with Gasteiger partial charge in [-0.25, -0.2) is 0 Å². The third kappa shape index (κ3) is 3.90. The zero-order chi connectivity index (χ0) is 11.1. The molecule has 0 saturated carbocycles. The Hall–Kier alpha value is -1.06. The maximum atomic E-state index is 6.01. The molecular weight excluding hydrogens is 190 g/mol. The van der Waals surface area contributed by atoms with Crippen molar-refractivity contribution in [3.05, 3.63) is 29.8 Å². The van der Waals surface area contributed by atoms with E-state index in [4.69, 9.17) is 15.2 Å². The second-order valence-corrected chi connectivity index (χ2v) is 3.39. The fourth-order valence-corrected chi connectivity index (χ4v) is 1.41. The van der Waals surface area contributed by atoms with Crippen LogP contribution in [0.4, 0.5) is 0 Å². The smallest absolute Gasteiger partial charge is 0.119 e. The lowest BCUT2D eigenvalue weighted by Gasteiger charge is -2.12. The summed E-state index contributed by atoms with van der Waals surface area (Å²) in [4.78, 5) is 0. The lowest BCUT2D eigenvalue weighted by Crippen LogP contribution is -2.12. The quantitative estimate of drug-likeness (QED) is 0.780. The van der Waals surface area contributed by atoms with E-state index in [0.29, 0.717) is 13.2 Å². The van der Waals surface area contributed by atoms with Crippen molar-refractivity contribution < 1.29 is 9.47 Å². The van der Waals surface area contributed by atoms with Gasteiger partial charge in [-0.05, 0) is 31.0 Å². The van der Waals surface area contributed by atoms with E-state index in [1.807, 2.05) is 31.2 Å². The lowest BCUT2D eigenvalue weighted by molar-refractivity contribution is 0.188. The number of hydrogen-bond acceptors (Lipinski definition) is 3. The number of benzene rings is 1. The SMILES string of the molecule is CCOc1cccc(C(N)CCOC)c1. The van der Waals surface area contributed by atoms with Gasteiger partial charge < -0.3 is 15.2 Å². The highest BCUT2D eigenvalue weighted by Crippen LogP contribution is 2.19. The lowest BCUT2D eigenvalue weighted by atomic mass is 10.1. The molecule has 1 aromatic rings. The Balaban J connectivity index is 2.62. The molecule has 15 heavy (non-hydrogen) atoms. The Labute approximate surface area is 91.2 Å². The minimum absolute atomic E-state index is 0.0188. The highest BCUT2D eigenvalue weighted by molar-refractivity contribution is 5.30. The summed E-state index contributed by atoms with van der Waals surface area (Å²) in [6, 6.07) is 7.93. The molecule has 84 valence electrons. The molecule has 0 aliphatic rings. The minimum Gasteiger partial charge on any atom is -0.494 e. The Morgan fingerprint density at radius 1 is 1.40 bits per heavy atom. The molecule has 0 bridgehead atoms. The van der Waals surface area contributed by atoms with Crippen LogP contribution in [0.2, 0.25) is 0 Å². The van der Waals surface area contributed by atoms with Gasteiger partial charge in [0.2, 0.25) is 0 Å². The number of methoxy groups -OCH3 is 1. The summed E-state index contributed by atoms with van der Waals surface area (Å²) in [5.74, 6) is 0.878. The maximum Gasteiger partial charge on any atom is 0.119 e. The summed E-state index contributed by atoms with van der Waals surface area (Å²) < 4.78 is 10.4. The molecule has 0 saturated heterocycles. The van der Waals surface area contributed by atoms with Gasteiger partial charge in [0, 0.05) is 19.8 Å². The second-order valence-electron chi connectivity index (χ2n) is 3.39. The van der Waals surface area contributed by atoms with Crippen LogP contribution in [-0.4, -0.2) is 20.3 Å². The predicted octanol–water partition coefficient (Wildman–Crippen LogP) is 2.12. The first-order chi connectivity index (χ1) is 7.27. The van der Waals surface area contributed by atoms with Gasteiger partial charge in [0.15, 0.2) is 0 Å². The Bertz CT molecular complexity index is 289. The third-order valence-corrected chi connectivity index (χ3v) is 2.23. The van der Waals surface area contributed by atoms with Crippen LogP contribution >= 0.6 is 0 Å². The predicted molar refractivity (Wildman–Crippen MR) is 61.0 cm³/mol. The normalized spacial score (nSPS) is 12.5. The van der Waals surface area contributed by atoms with Gasteiger partial charge in [0.25, 0.3) is 0 Å². The first-order valence-electron chi connectivity index (χ1n) is 5.25. The molecule has 3 nitrogen and oxygen atoms in total. The van der Waals surface area contributed by atoms with E-state index < -0.39 is 0 Å². The molecule has 0 amide bonds. The summed E-state index contributed by atoms with van der Waals surface area (Å²) in [5.41, 5.74) is 7.11. The fraction of sp³-hybridized carbons (Fsp3) is 0.500. The molecule has 1 rings (SSSR count). The van der Waals surface area contributed by atoms with Crippen molar-refractivity contribution in [3.63, 3.8) is 0 Å². The molecule has 0 heterocycles. The molecule has 0 fully saturated rings. The van der Waals surface area contributed by atoms with E-state index in [9.17, 15) is 0 Å². The van der Waals surface area contributed by atoms with Gasteiger partial charge in [-0.2, -0.15) is 0 Å². The van der Waals surface area contributed by atoms with Gasteiger partial charge in [-0.3, -0.25) is 0 Å². The van der Waals surface area contributed by atoms with Gasteiger partial charge in [-0.15, -0.1) is 0 Å². The van der Waals surface area contributed by atoms with Crippen LogP contribution in [0.5, 0.6) is 5.75 Å². The zero-order valence-corrected chi connectivity index (χ0v) is 9.40. The molecule has 0 aliphatic heterocycles. The highest BCUT2D eigenvalue weighted by Gasteiger charge is 2.06. The van der Waals surface area contributed by atoms with E-state index in [-0.39, 0.29) is 6.04 Å². The van der Waals surface area contributed by atoms with Crippen molar-refractivity contribution in [3.8, 4) is 5.75 Å². The van der Waals surface area contributed by atoms with Crippen molar-refractivity contribution in [2.75, 3.05) is 20.3 Å².